The highest BCUT2D eigenvalue weighted by Crippen LogP contribution is 2.16. The molecule has 4 N–H and O–H groups in total. The van der Waals surface area contributed by atoms with Crippen LogP contribution >= 0.6 is 0 Å². The molecule has 4 atom stereocenters. The Hall–Kier alpha value is -4.12. The van der Waals surface area contributed by atoms with Crippen molar-refractivity contribution >= 4 is 24.1 Å². The number of alkyl carbamates (subject to hydrolysis) is 2. The van der Waals surface area contributed by atoms with E-state index in [1.807, 2.05) is 0 Å². The molecule has 224 valence electrons. The van der Waals surface area contributed by atoms with Crippen molar-refractivity contribution in [3.8, 4) is 0 Å². The van der Waals surface area contributed by atoms with Crippen molar-refractivity contribution in [1.29, 1.82) is 0 Å². The molecule has 0 saturated carbocycles. The Morgan fingerprint density at radius 3 is 1.49 bits per heavy atom. The third-order valence-corrected chi connectivity index (χ3v) is 5.48. The Bertz CT molecular complexity index is 1160. The van der Waals surface area contributed by atoms with Crippen LogP contribution in [0, 0.1) is 0 Å². The minimum Gasteiger partial charge on any atom is -0.478 e. The molecular formula is C30H40N2O9. The molecule has 0 heterocycles. The van der Waals surface area contributed by atoms with Gasteiger partial charge in [-0.2, -0.15) is 0 Å². The molecule has 0 bridgehead atoms. The zero-order valence-electron chi connectivity index (χ0n) is 24.2. The van der Waals surface area contributed by atoms with Gasteiger partial charge in [0.05, 0.1) is 12.1 Å². The summed E-state index contributed by atoms with van der Waals surface area (Å²) in [6.07, 6.45) is -5.67. The van der Waals surface area contributed by atoms with E-state index in [1.54, 1.807) is 102 Å². The Morgan fingerprint density at radius 2 is 1.10 bits per heavy atom. The molecule has 0 radical (unpaired) electrons. The largest absolute Gasteiger partial charge is 0.478 e. The molecule has 41 heavy (non-hydrogen) atoms. The van der Waals surface area contributed by atoms with Gasteiger partial charge < -0.3 is 35.1 Å². The van der Waals surface area contributed by atoms with Gasteiger partial charge in [-0.15, -0.1) is 0 Å². The summed E-state index contributed by atoms with van der Waals surface area (Å²) in [4.78, 5) is 50.6. The topological polar surface area (TPSA) is 160 Å². The molecule has 0 fully saturated rings. The van der Waals surface area contributed by atoms with E-state index in [0.29, 0.717) is 11.1 Å². The van der Waals surface area contributed by atoms with Crippen LogP contribution in [0.1, 0.15) is 52.7 Å². The van der Waals surface area contributed by atoms with Crippen LogP contribution in [0.5, 0.6) is 0 Å². The van der Waals surface area contributed by atoms with Crippen molar-refractivity contribution in [3.05, 3.63) is 71.8 Å². The fourth-order valence-electron chi connectivity index (χ4n) is 3.79. The highest BCUT2D eigenvalue weighted by atomic mass is 16.6. The molecule has 0 unspecified atom stereocenters. The molecular weight excluding hydrogens is 532 g/mol. The standard InChI is InChI=1S/C30H40N2O9/c1-29(2,3)40-27(37)31-21(17-19-13-9-7-10-14-19)23(33)26(36)39-24(25(34)35)22(18-20-15-11-8-12-16-20)32-28(38)41-30(4,5)6/h7-16,21-24,33H,17-18H2,1-6H3,(H,31,37)(H,32,38)(H,34,35)/t21-,22-,23-,24-/m0/s1. The van der Waals surface area contributed by atoms with Gasteiger partial charge >= 0.3 is 24.1 Å². The average molecular weight is 573 g/mol. The maximum atomic E-state index is 13.2. The summed E-state index contributed by atoms with van der Waals surface area (Å²) in [5.41, 5.74) is -0.377. The summed E-state index contributed by atoms with van der Waals surface area (Å²) < 4.78 is 15.8. The number of hydrogen-bond acceptors (Lipinski definition) is 8. The molecule has 0 spiro atoms. The number of carboxylic acid groups (broad SMARTS) is 1. The third-order valence-electron chi connectivity index (χ3n) is 5.48. The highest BCUT2D eigenvalue weighted by Gasteiger charge is 2.38. The van der Waals surface area contributed by atoms with Crippen molar-refractivity contribution in [3.63, 3.8) is 0 Å². The van der Waals surface area contributed by atoms with Crippen LogP contribution in [0.15, 0.2) is 60.7 Å². The lowest BCUT2D eigenvalue weighted by molar-refractivity contribution is -0.173. The second kappa shape index (κ2) is 14.5. The number of amides is 2. The monoisotopic (exact) mass is 572 g/mol. The lowest BCUT2D eigenvalue weighted by Crippen LogP contribution is -2.54. The van der Waals surface area contributed by atoms with Crippen LogP contribution in [-0.4, -0.2) is 69.8 Å². The number of aliphatic hydroxyl groups is 1. The first kappa shape index (κ1) is 33.1. The van der Waals surface area contributed by atoms with Gasteiger partial charge in [-0.3, -0.25) is 0 Å². The number of esters is 1. The fourth-order valence-corrected chi connectivity index (χ4v) is 3.79. The van der Waals surface area contributed by atoms with Crippen molar-refractivity contribution in [2.24, 2.45) is 0 Å². The molecule has 0 aliphatic heterocycles. The lowest BCUT2D eigenvalue weighted by atomic mass is 10.00. The molecule has 2 amide bonds. The zero-order chi connectivity index (χ0) is 30.8. The van der Waals surface area contributed by atoms with Gasteiger partial charge in [-0.1, -0.05) is 60.7 Å². The van der Waals surface area contributed by atoms with Crippen LogP contribution in [0.3, 0.4) is 0 Å². The summed E-state index contributed by atoms with van der Waals surface area (Å²) >= 11 is 0. The highest BCUT2D eigenvalue weighted by molar-refractivity contribution is 5.82. The second-order valence-electron chi connectivity index (χ2n) is 11.5. The molecule has 2 aromatic rings. The summed E-state index contributed by atoms with van der Waals surface area (Å²) in [6.45, 7) is 9.92. The minimum atomic E-state index is -1.97. The van der Waals surface area contributed by atoms with E-state index >= 15 is 0 Å². The van der Waals surface area contributed by atoms with Gasteiger partial charge in [-0.05, 0) is 65.5 Å². The summed E-state index contributed by atoms with van der Waals surface area (Å²) in [5, 5.41) is 25.9. The molecule has 0 aliphatic carbocycles. The van der Waals surface area contributed by atoms with Crippen LogP contribution in [0.4, 0.5) is 9.59 Å². The quantitative estimate of drug-likeness (QED) is 0.233. The number of carbonyl (C=O) groups is 4. The lowest BCUT2D eigenvalue weighted by Gasteiger charge is -2.29. The maximum Gasteiger partial charge on any atom is 0.408 e. The number of benzene rings is 2. The number of carboxylic acids is 1. The summed E-state index contributed by atoms with van der Waals surface area (Å²) in [5.74, 6) is -2.86. The van der Waals surface area contributed by atoms with Crippen molar-refractivity contribution in [2.75, 3.05) is 0 Å². The second-order valence-corrected chi connectivity index (χ2v) is 11.5. The normalized spacial score (nSPS) is 14.5. The molecule has 2 aromatic carbocycles. The van der Waals surface area contributed by atoms with Crippen LogP contribution in [-0.2, 0) is 36.6 Å². The van der Waals surface area contributed by atoms with Gasteiger partial charge in [0.1, 0.15) is 11.2 Å². The van der Waals surface area contributed by atoms with E-state index in [4.69, 9.17) is 14.2 Å². The summed E-state index contributed by atoms with van der Waals surface area (Å²) in [6, 6.07) is 15.0. The third kappa shape index (κ3) is 12.3. The number of nitrogens with one attached hydrogen (secondary N) is 2. The van der Waals surface area contributed by atoms with Crippen LogP contribution in [0.25, 0.3) is 0 Å². The van der Waals surface area contributed by atoms with Crippen molar-refractivity contribution in [1.82, 2.24) is 10.6 Å². The van der Waals surface area contributed by atoms with Crippen molar-refractivity contribution in [2.45, 2.75) is 89.9 Å². The fraction of sp³-hybridized carbons (Fsp3) is 0.467. The number of aliphatic hydroxyl groups excluding tert-OH is 1. The van der Waals surface area contributed by atoms with E-state index in [1.165, 1.54) is 0 Å². The van der Waals surface area contributed by atoms with Crippen molar-refractivity contribution < 1.29 is 43.6 Å². The Balaban J connectivity index is 2.31. The predicted octanol–water partition coefficient (Wildman–Crippen LogP) is 3.62. The van der Waals surface area contributed by atoms with Crippen LogP contribution < -0.4 is 10.6 Å². The van der Waals surface area contributed by atoms with E-state index < -0.39 is 59.6 Å². The van der Waals surface area contributed by atoms with E-state index in [-0.39, 0.29) is 12.8 Å². The van der Waals surface area contributed by atoms with Gasteiger partial charge in [0.2, 0.25) is 6.10 Å². The molecule has 2 rings (SSSR count). The number of rotatable bonds is 11. The first-order valence-electron chi connectivity index (χ1n) is 13.2. The first-order valence-corrected chi connectivity index (χ1v) is 13.2. The number of ether oxygens (including phenoxy) is 3. The van der Waals surface area contributed by atoms with Gasteiger partial charge in [0.15, 0.2) is 6.10 Å². The zero-order valence-corrected chi connectivity index (χ0v) is 24.2. The summed E-state index contributed by atoms with van der Waals surface area (Å²) in [7, 11) is 0. The van der Waals surface area contributed by atoms with E-state index in [2.05, 4.69) is 10.6 Å². The number of carbonyl (C=O) groups excluding carboxylic acids is 3. The van der Waals surface area contributed by atoms with Gasteiger partial charge in [-0.25, -0.2) is 19.2 Å². The van der Waals surface area contributed by atoms with Gasteiger partial charge in [0, 0.05) is 0 Å². The Kier molecular flexibility index (Phi) is 11.7. The number of hydrogen-bond donors (Lipinski definition) is 4. The Morgan fingerprint density at radius 1 is 0.707 bits per heavy atom. The molecule has 0 saturated heterocycles. The number of aliphatic carboxylic acids is 1. The van der Waals surface area contributed by atoms with E-state index in [0.717, 1.165) is 0 Å². The van der Waals surface area contributed by atoms with Crippen LogP contribution in [0.2, 0.25) is 0 Å². The SMILES string of the molecule is CC(C)(C)OC(=O)N[C@@H](Cc1ccccc1)[C@H](O)C(=O)O[C@H](C(=O)O)[C@H](Cc1ccccc1)NC(=O)OC(C)(C)C. The molecule has 0 aromatic heterocycles. The Labute approximate surface area is 240 Å². The maximum absolute atomic E-state index is 13.2. The molecule has 11 heteroatoms. The predicted molar refractivity (Wildman–Crippen MR) is 150 cm³/mol. The van der Waals surface area contributed by atoms with E-state index in [9.17, 15) is 29.4 Å². The minimum absolute atomic E-state index is 0.0116. The average Bonchev–Trinajstić information content (AvgIpc) is 2.84. The molecule has 11 nitrogen and oxygen atoms in total. The van der Waals surface area contributed by atoms with Gasteiger partial charge in [0.25, 0.3) is 0 Å². The smallest absolute Gasteiger partial charge is 0.408 e. The first-order chi connectivity index (χ1) is 19.0. The molecule has 0 aliphatic rings.